The van der Waals surface area contributed by atoms with Crippen LogP contribution < -0.4 is 5.32 Å². The van der Waals surface area contributed by atoms with Crippen molar-refractivity contribution >= 4 is 11.3 Å². The van der Waals surface area contributed by atoms with E-state index >= 15 is 0 Å². The Labute approximate surface area is 133 Å². The SMILES string of the molecule is CCCNC(c1csc(C)c1)C12CC3CC(CC(C3)C1)C2. The Balaban J connectivity index is 1.66. The van der Waals surface area contributed by atoms with E-state index < -0.39 is 0 Å². The zero-order valence-electron chi connectivity index (χ0n) is 13.5. The molecule has 1 N–H and O–H groups in total. The van der Waals surface area contributed by atoms with E-state index in [9.17, 15) is 0 Å². The van der Waals surface area contributed by atoms with Crippen molar-refractivity contribution in [1.29, 1.82) is 0 Å². The molecule has 4 saturated carbocycles. The molecular formula is C19H29NS. The molecule has 1 atom stereocenters. The summed E-state index contributed by atoms with van der Waals surface area (Å²) in [5.41, 5.74) is 2.17. The molecule has 1 nitrogen and oxygen atoms in total. The lowest BCUT2D eigenvalue weighted by atomic mass is 9.47. The van der Waals surface area contributed by atoms with E-state index in [1.807, 2.05) is 11.3 Å². The van der Waals surface area contributed by atoms with Crippen molar-refractivity contribution in [2.45, 2.75) is 64.8 Å². The van der Waals surface area contributed by atoms with Crippen molar-refractivity contribution in [2.24, 2.45) is 23.2 Å². The monoisotopic (exact) mass is 303 g/mol. The average Bonchev–Trinajstić information content (AvgIpc) is 2.84. The van der Waals surface area contributed by atoms with Gasteiger partial charge in [0.05, 0.1) is 0 Å². The molecule has 0 aliphatic heterocycles. The van der Waals surface area contributed by atoms with Crippen LogP contribution in [-0.4, -0.2) is 6.54 Å². The summed E-state index contributed by atoms with van der Waals surface area (Å²) in [5.74, 6) is 3.13. The van der Waals surface area contributed by atoms with Gasteiger partial charge in [0, 0.05) is 10.9 Å². The Morgan fingerprint density at radius 2 is 1.81 bits per heavy atom. The second kappa shape index (κ2) is 5.38. The molecule has 4 aliphatic carbocycles. The second-order valence-electron chi connectivity index (χ2n) is 8.16. The second-order valence-corrected chi connectivity index (χ2v) is 9.27. The van der Waals surface area contributed by atoms with Gasteiger partial charge in [0.25, 0.3) is 0 Å². The molecule has 0 radical (unpaired) electrons. The minimum absolute atomic E-state index is 0.581. The van der Waals surface area contributed by atoms with Gasteiger partial charge in [-0.1, -0.05) is 6.92 Å². The van der Waals surface area contributed by atoms with Gasteiger partial charge in [0.1, 0.15) is 0 Å². The summed E-state index contributed by atoms with van der Waals surface area (Å²) in [6.07, 6.45) is 10.4. The van der Waals surface area contributed by atoms with Crippen LogP contribution in [0.3, 0.4) is 0 Å². The molecular weight excluding hydrogens is 274 g/mol. The molecule has 2 heteroatoms. The van der Waals surface area contributed by atoms with Crippen molar-refractivity contribution in [2.75, 3.05) is 6.54 Å². The molecule has 1 aromatic heterocycles. The molecule has 0 amide bonds. The molecule has 4 bridgehead atoms. The van der Waals surface area contributed by atoms with Crippen molar-refractivity contribution in [3.63, 3.8) is 0 Å². The van der Waals surface area contributed by atoms with Crippen LogP contribution in [0.15, 0.2) is 11.4 Å². The molecule has 1 unspecified atom stereocenters. The van der Waals surface area contributed by atoms with Gasteiger partial charge in [-0.2, -0.15) is 0 Å². The first-order valence-electron chi connectivity index (χ1n) is 8.97. The summed E-state index contributed by atoms with van der Waals surface area (Å²) in [7, 11) is 0. The molecule has 1 heterocycles. The van der Waals surface area contributed by atoms with Crippen LogP contribution in [0.4, 0.5) is 0 Å². The first kappa shape index (κ1) is 14.3. The van der Waals surface area contributed by atoms with E-state index in [-0.39, 0.29) is 0 Å². The van der Waals surface area contributed by atoms with Crippen LogP contribution in [-0.2, 0) is 0 Å². The lowest BCUT2D eigenvalue weighted by molar-refractivity contribution is -0.0747. The van der Waals surface area contributed by atoms with Gasteiger partial charge in [-0.3, -0.25) is 0 Å². The predicted molar refractivity (Wildman–Crippen MR) is 90.7 cm³/mol. The van der Waals surface area contributed by atoms with Gasteiger partial charge in [-0.05, 0) is 98.6 Å². The molecule has 0 spiro atoms. The van der Waals surface area contributed by atoms with Crippen LogP contribution in [0.1, 0.15) is 68.4 Å². The maximum atomic E-state index is 3.96. The van der Waals surface area contributed by atoms with Crippen molar-refractivity contribution in [3.8, 4) is 0 Å². The summed E-state index contributed by atoms with van der Waals surface area (Å²) >= 11 is 1.93. The molecule has 0 saturated heterocycles. The van der Waals surface area contributed by atoms with Crippen molar-refractivity contribution < 1.29 is 0 Å². The van der Waals surface area contributed by atoms with Gasteiger partial charge in [-0.25, -0.2) is 0 Å². The third kappa shape index (κ3) is 2.49. The highest BCUT2D eigenvalue weighted by molar-refractivity contribution is 7.10. The van der Waals surface area contributed by atoms with Crippen LogP contribution in [0.5, 0.6) is 0 Å². The summed E-state index contributed by atoms with van der Waals surface area (Å²) in [6, 6.07) is 3.08. The predicted octanol–water partition coefficient (Wildman–Crippen LogP) is 5.31. The van der Waals surface area contributed by atoms with E-state index in [0.717, 1.165) is 17.8 Å². The maximum Gasteiger partial charge on any atom is 0.0385 e. The highest BCUT2D eigenvalue weighted by Gasteiger charge is 2.54. The van der Waals surface area contributed by atoms with Crippen molar-refractivity contribution in [1.82, 2.24) is 5.32 Å². The smallest absolute Gasteiger partial charge is 0.0385 e. The number of thiophene rings is 1. The number of hydrogen-bond acceptors (Lipinski definition) is 2. The topological polar surface area (TPSA) is 12.0 Å². The quantitative estimate of drug-likeness (QED) is 0.777. The summed E-state index contributed by atoms with van der Waals surface area (Å²) in [4.78, 5) is 1.47. The Hall–Kier alpha value is -0.340. The number of rotatable bonds is 5. The lowest BCUT2D eigenvalue weighted by Gasteiger charge is -2.59. The fraction of sp³-hybridized carbons (Fsp3) is 0.789. The maximum absolute atomic E-state index is 3.96. The molecule has 21 heavy (non-hydrogen) atoms. The highest BCUT2D eigenvalue weighted by Crippen LogP contribution is 2.64. The first-order valence-corrected chi connectivity index (χ1v) is 9.85. The largest absolute Gasteiger partial charge is 0.309 e. The highest BCUT2D eigenvalue weighted by atomic mass is 32.1. The van der Waals surface area contributed by atoms with Gasteiger partial charge in [-0.15, -0.1) is 11.3 Å². The Kier molecular flexibility index (Phi) is 3.66. The minimum Gasteiger partial charge on any atom is -0.309 e. The summed E-state index contributed by atoms with van der Waals surface area (Å²) in [5, 5.41) is 6.39. The molecule has 5 rings (SSSR count). The van der Waals surface area contributed by atoms with E-state index in [1.54, 1.807) is 24.8 Å². The number of hydrogen-bond donors (Lipinski definition) is 1. The molecule has 116 valence electrons. The van der Waals surface area contributed by atoms with Crippen LogP contribution >= 0.6 is 11.3 Å². The standard InChI is InChI=1S/C19H29NS/c1-3-4-20-18(17-5-13(2)21-12-17)19-9-14-6-15(10-19)8-16(7-14)11-19/h5,12,14-16,18,20H,3-4,6-11H2,1-2H3. The van der Waals surface area contributed by atoms with Crippen molar-refractivity contribution in [3.05, 3.63) is 21.9 Å². The Morgan fingerprint density at radius 3 is 2.29 bits per heavy atom. The molecule has 4 fully saturated rings. The van der Waals surface area contributed by atoms with E-state index in [0.29, 0.717) is 11.5 Å². The third-order valence-corrected chi connectivity index (χ3v) is 7.26. The van der Waals surface area contributed by atoms with E-state index in [4.69, 9.17) is 0 Å². The minimum atomic E-state index is 0.581. The third-order valence-electron chi connectivity index (χ3n) is 6.38. The fourth-order valence-corrected chi connectivity index (χ4v) is 6.85. The average molecular weight is 304 g/mol. The van der Waals surface area contributed by atoms with Crippen LogP contribution in [0, 0.1) is 30.1 Å². The zero-order valence-corrected chi connectivity index (χ0v) is 14.3. The molecule has 1 aromatic rings. The van der Waals surface area contributed by atoms with Crippen LogP contribution in [0.25, 0.3) is 0 Å². The van der Waals surface area contributed by atoms with Crippen LogP contribution in [0.2, 0.25) is 0 Å². The Bertz CT molecular complexity index is 468. The zero-order chi connectivity index (χ0) is 14.4. The first-order chi connectivity index (χ1) is 10.2. The van der Waals surface area contributed by atoms with E-state index in [1.165, 1.54) is 37.1 Å². The normalized spacial score (nSPS) is 38.9. The Morgan fingerprint density at radius 1 is 1.19 bits per heavy atom. The van der Waals surface area contributed by atoms with Gasteiger partial charge in [0.15, 0.2) is 0 Å². The van der Waals surface area contributed by atoms with Gasteiger partial charge >= 0.3 is 0 Å². The number of aryl methyl sites for hydroxylation is 1. The summed E-state index contributed by atoms with van der Waals surface area (Å²) in [6.45, 7) is 5.72. The van der Waals surface area contributed by atoms with Gasteiger partial charge in [0.2, 0.25) is 0 Å². The fourth-order valence-electron chi connectivity index (χ4n) is 6.12. The lowest BCUT2D eigenvalue weighted by Crippen LogP contribution is -2.52. The molecule has 0 aromatic carbocycles. The van der Waals surface area contributed by atoms with E-state index in [2.05, 4.69) is 30.6 Å². The molecule has 4 aliphatic rings. The summed E-state index contributed by atoms with van der Waals surface area (Å²) < 4.78 is 0. The van der Waals surface area contributed by atoms with Gasteiger partial charge < -0.3 is 5.32 Å². The number of nitrogens with one attached hydrogen (secondary N) is 1.